The molecule has 1 radical (unpaired) electrons. The number of amides is 7. The topological polar surface area (TPSA) is 297 Å². The summed E-state index contributed by atoms with van der Waals surface area (Å²) in [7, 11) is 1.33. The molecule has 5 rings (SSSR count). The molecule has 2 aromatic rings. The van der Waals surface area contributed by atoms with Crippen molar-refractivity contribution in [2.45, 2.75) is 142 Å². The number of rotatable bonds is 10. The number of carbonyl (C=O) groups excluding carboxylic acids is 9. The summed E-state index contributed by atoms with van der Waals surface area (Å²) >= 11 is 0. The Kier molecular flexibility index (Phi) is 24.7. The second-order valence-electron chi connectivity index (χ2n) is 18.9. The third-order valence-corrected chi connectivity index (χ3v) is 13.1. The minimum Gasteiger partial charge on any atom is -0.504 e. The molecule has 0 aliphatic carbocycles. The molecular weight excluding hydrogens is 1040 g/mol. The first kappa shape index (κ1) is 62.4. The summed E-state index contributed by atoms with van der Waals surface area (Å²) in [5.74, 6) is -9.84. The fourth-order valence-electron chi connectivity index (χ4n) is 8.08. The van der Waals surface area contributed by atoms with Gasteiger partial charge in [0.15, 0.2) is 11.9 Å². The Morgan fingerprint density at radius 2 is 1.43 bits per heavy atom. The second-order valence-corrected chi connectivity index (χ2v) is 18.9. The normalized spacial score (nSPS) is 26.3. The number of nitrogens with zero attached hydrogens (tertiary/aromatic N) is 1. The molecule has 12 atom stereocenters. The van der Waals surface area contributed by atoms with Crippen LogP contribution in [0.4, 0.5) is 0 Å². The Hall–Kier alpha value is -5.90. The number of hydrogen-bond acceptors (Lipinski definition) is 14. The number of aliphatic hydroxyl groups is 2. The van der Waals surface area contributed by atoms with Gasteiger partial charge in [0.05, 0.1) is 24.2 Å². The fourth-order valence-corrected chi connectivity index (χ4v) is 8.08. The van der Waals surface area contributed by atoms with Crippen molar-refractivity contribution in [3.05, 3.63) is 83.8 Å². The summed E-state index contributed by atoms with van der Waals surface area (Å²) in [6.45, 7) is 12.6. The van der Waals surface area contributed by atoms with Crippen molar-refractivity contribution in [2.24, 2.45) is 17.8 Å². The van der Waals surface area contributed by atoms with Gasteiger partial charge in [-0.05, 0) is 55.9 Å². The molecule has 7 amide bonds. The van der Waals surface area contributed by atoms with E-state index in [-0.39, 0.29) is 44.7 Å². The number of cyclic esters (lactones) is 1. The van der Waals surface area contributed by atoms with Crippen LogP contribution >= 0.6 is 0 Å². The summed E-state index contributed by atoms with van der Waals surface area (Å²) in [5.41, 5.74) is 0.805. The van der Waals surface area contributed by atoms with Crippen LogP contribution in [-0.2, 0) is 91.8 Å². The Morgan fingerprint density at radius 1 is 0.811 bits per heavy atom. The molecule has 1 fully saturated rings. The van der Waals surface area contributed by atoms with Crippen LogP contribution in [0, 0.1) is 23.7 Å². The number of nitrogens with one attached hydrogen (secondary N) is 6. The van der Waals surface area contributed by atoms with Gasteiger partial charge in [-0.25, -0.2) is 10.9 Å². The minimum atomic E-state index is -1.93. The quantitative estimate of drug-likeness (QED) is 0.121. The number of hydrogen-bond donors (Lipinski definition) is 8. The van der Waals surface area contributed by atoms with Crippen LogP contribution in [0.3, 0.4) is 0 Å². The maximum atomic E-state index is 15.2. The van der Waals surface area contributed by atoms with E-state index in [0.717, 1.165) is 4.90 Å². The fraction of sp³-hybridized carbons (Fsp3) is 0.538. The standard InChI is InChI=1S/C52H72N7O14.Y/c1-11-28(5)41-48(66)58-44-35-18-21-36(22-19-35)72-31(8)34(12-2)20-23-39(61)53-25-40(62)71-26-37(52(70)73-32(9)43(50(68)55-41)57-46(64)29(6)45(63)27(3)4)54-49(67)42(30(7)60)56-47(65)38(59(10)51(44)69)24-33-16-14-13-15-17-33;/h13-23,27-32,37-38,41-45,60,63H,11-12,24-26H2,1-10H3,(H,53,61)(H,54,67)(H,55,68)(H,56,65)(H,57,64)(H,58,66);/q-1;/b23-20+;/t28-,29+,30+,31+,32+,37-,38-,41+,42+,43-,44-,45+;/m0./s1. The average molecular weight is 1110 g/mol. The zero-order valence-corrected chi connectivity index (χ0v) is 46.5. The predicted octanol–water partition coefficient (Wildman–Crippen LogP) is 0.856. The van der Waals surface area contributed by atoms with Gasteiger partial charge >= 0.3 is 11.9 Å². The van der Waals surface area contributed by atoms with E-state index in [1.165, 1.54) is 52.1 Å². The molecule has 3 aliphatic rings. The molecule has 0 saturated carbocycles. The zero-order chi connectivity index (χ0) is 54.3. The number of ether oxygens (including phenoxy) is 3. The maximum absolute atomic E-state index is 15.2. The summed E-state index contributed by atoms with van der Waals surface area (Å²) in [6.07, 6.45) is -1.70. The average Bonchev–Trinajstić information content (AvgIpc) is 3.36. The van der Waals surface area contributed by atoms with Crippen molar-refractivity contribution < 1.29 is 100 Å². The number of fused-ring (bicyclic) bond motifs is 11. The first-order valence-electron chi connectivity index (χ1n) is 24.6. The van der Waals surface area contributed by atoms with Crippen LogP contribution in [0.25, 0.3) is 0 Å². The van der Waals surface area contributed by atoms with Crippen LogP contribution < -0.4 is 36.6 Å². The van der Waals surface area contributed by atoms with Gasteiger partial charge < -0.3 is 61.2 Å². The van der Waals surface area contributed by atoms with Crippen LogP contribution in [0.1, 0.15) is 92.3 Å². The molecule has 8 N–H and O–H groups in total. The largest absolute Gasteiger partial charge is 0.504 e. The third kappa shape index (κ3) is 17.3. The summed E-state index contributed by atoms with van der Waals surface area (Å²) in [6, 6.07) is 4.85. The Labute approximate surface area is 457 Å². The number of benzene rings is 2. The number of esters is 2. The van der Waals surface area contributed by atoms with E-state index in [2.05, 4.69) is 31.9 Å². The molecule has 2 aromatic carbocycles. The van der Waals surface area contributed by atoms with Crippen LogP contribution in [0.2, 0.25) is 0 Å². The molecule has 1 saturated heterocycles. The number of aliphatic hydroxyl groups excluding tert-OH is 2. The summed E-state index contributed by atoms with van der Waals surface area (Å²) < 4.78 is 17.3. The summed E-state index contributed by atoms with van der Waals surface area (Å²) in [5, 5.41) is 37.1. The van der Waals surface area contributed by atoms with Gasteiger partial charge in [0.2, 0.25) is 35.4 Å². The molecule has 0 spiro atoms. The molecule has 4 bridgehead atoms. The van der Waals surface area contributed by atoms with Gasteiger partial charge in [0.1, 0.15) is 55.2 Å². The van der Waals surface area contributed by atoms with E-state index in [1.54, 1.807) is 77.1 Å². The first-order valence-corrected chi connectivity index (χ1v) is 24.6. The number of carbonyl (C=O) groups is 9. The predicted molar refractivity (Wildman–Crippen MR) is 265 cm³/mol. The van der Waals surface area contributed by atoms with Gasteiger partial charge in [-0.15, -0.1) is 6.08 Å². The van der Waals surface area contributed by atoms with E-state index < -0.39 is 145 Å². The molecule has 403 valence electrons. The molecule has 0 aromatic heterocycles. The Balaban J connectivity index is 0.0000144. The molecule has 3 aliphatic heterocycles. The molecule has 22 heteroatoms. The van der Waals surface area contributed by atoms with E-state index in [9.17, 15) is 48.6 Å². The third-order valence-electron chi connectivity index (χ3n) is 13.1. The van der Waals surface area contributed by atoms with E-state index in [4.69, 9.17) is 14.2 Å². The number of likely N-dealkylation sites (N-methyl/N-ethyl adjacent to an activating group) is 1. The van der Waals surface area contributed by atoms with Crippen molar-refractivity contribution in [1.82, 2.24) is 36.8 Å². The second kappa shape index (κ2) is 29.3. The minimum absolute atomic E-state index is 0. The Bertz CT molecular complexity index is 2300. The molecule has 3 heterocycles. The van der Waals surface area contributed by atoms with Crippen molar-refractivity contribution in [3.8, 4) is 5.75 Å². The zero-order valence-electron chi connectivity index (χ0n) is 43.7. The van der Waals surface area contributed by atoms with Gasteiger partial charge in [0.25, 0.3) is 0 Å². The van der Waals surface area contributed by atoms with Crippen molar-refractivity contribution in [2.75, 3.05) is 20.2 Å². The van der Waals surface area contributed by atoms with E-state index in [1.807, 2.05) is 6.92 Å². The SMILES string of the molecule is CC[C-]1/C=C/C(=O)NCC(=O)OC[C@@H]2NC(=O)[C@@H]([C@@H](C)O)NC(=O)[C@H](Cc3ccccc3)N(C)C(=O)[C@@H](NC(=O)[C@@H]([C@@H](C)CC)NC(=O)[C@@H](NC(=O)[C@H](C)[C@H](O)C(C)C)[C@@H](C)OC2=O)c2ccc(cc2)O[C@@H]1C.[Y]. The first-order chi connectivity index (χ1) is 34.5. The summed E-state index contributed by atoms with van der Waals surface area (Å²) in [4.78, 5) is 129. The van der Waals surface area contributed by atoms with Crippen LogP contribution in [0.15, 0.2) is 66.7 Å². The van der Waals surface area contributed by atoms with Crippen LogP contribution in [0.5, 0.6) is 5.75 Å². The van der Waals surface area contributed by atoms with E-state index >= 15 is 4.79 Å². The van der Waals surface area contributed by atoms with Gasteiger partial charge in [-0.3, -0.25) is 38.4 Å². The molecule has 74 heavy (non-hydrogen) atoms. The Morgan fingerprint density at radius 3 is 2.03 bits per heavy atom. The van der Waals surface area contributed by atoms with Gasteiger partial charge in [-0.1, -0.05) is 96.8 Å². The van der Waals surface area contributed by atoms with E-state index in [0.29, 0.717) is 30.1 Å². The van der Waals surface area contributed by atoms with Gasteiger partial charge in [0, 0.05) is 46.2 Å². The van der Waals surface area contributed by atoms with Crippen molar-refractivity contribution >= 4 is 53.3 Å². The molecular formula is C52H72N7O14Y-. The smallest absolute Gasteiger partial charge is 0.332 e. The van der Waals surface area contributed by atoms with Gasteiger partial charge in [-0.2, -0.15) is 5.92 Å². The maximum Gasteiger partial charge on any atom is 0.332 e. The monoisotopic (exact) mass is 1110 g/mol. The molecule has 0 unspecified atom stereocenters. The van der Waals surface area contributed by atoms with Crippen molar-refractivity contribution in [3.63, 3.8) is 0 Å². The van der Waals surface area contributed by atoms with Crippen molar-refractivity contribution in [1.29, 1.82) is 0 Å². The molecule has 21 nitrogen and oxygen atoms in total. The van der Waals surface area contributed by atoms with Crippen LogP contribution in [-0.4, -0.2) is 143 Å².